The average molecular weight is 321 g/mol. The molecule has 0 aliphatic rings. The van der Waals surface area contributed by atoms with E-state index in [0.29, 0.717) is 11.4 Å². The van der Waals surface area contributed by atoms with Gasteiger partial charge in [-0.15, -0.1) is 0 Å². The van der Waals surface area contributed by atoms with Gasteiger partial charge >= 0.3 is 5.69 Å². The molecule has 1 heterocycles. The maximum atomic E-state index is 12.6. The number of amides is 1. The summed E-state index contributed by atoms with van der Waals surface area (Å²) in [5.41, 5.74) is 0.563. The molecule has 6 nitrogen and oxygen atoms in total. The van der Waals surface area contributed by atoms with E-state index in [1.165, 1.54) is 0 Å². The highest BCUT2D eigenvalue weighted by Gasteiger charge is 2.15. The van der Waals surface area contributed by atoms with Crippen LogP contribution in [0.3, 0.4) is 0 Å². The molecule has 1 aromatic heterocycles. The van der Waals surface area contributed by atoms with Gasteiger partial charge in [-0.2, -0.15) is 0 Å². The maximum Gasteiger partial charge on any atom is 0.333 e. The van der Waals surface area contributed by atoms with Crippen molar-refractivity contribution in [1.82, 2.24) is 9.55 Å². The SMILES string of the molecule is Cc1ccc(-n2c(=O)[nH]cc(C(=O)Nc3ccccc3)c2=O)cc1. The number of rotatable bonds is 3. The normalized spacial score (nSPS) is 10.4. The van der Waals surface area contributed by atoms with Gasteiger partial charge < -0.3 is 10.3 Å². The summed E-state index contributed by atoms with van der Waals surface area (Å²) in [6, 6.07) is 15.7. The first-order valence-electron chi connectivity index (χ1n) is 7.34. The molecule has 1 amide bonds. The summed E-state index contributed by atoms with van der Waals surface area (Å²) in [7, 11) is 0. The van der Waals surface area contributed by atoms with Crippen molar-refractivity contribution in [3.63, 3.8) is 0 Å². The molecular weight excluding hydrogens is 306 g/mol. The molecule has 0 radical (unpaired) electrons. The van der Waals surface area contributed by atoms with Crippen molar-refractivity contribution in [2.45, 2.75) is 6.92 Å². The number of carbonyl (C=O) groups excluding carboxylic acids is 1. The van der Waals surface area contributed by atoms with E-state index in [4.69, 9.17) is 0 Å². The monoisotopic (exact) mass is 321 g/mol. The Labute approximate surface area is 137 Å². The van der Waals surface area contributed by atoms with Crippen LogP contribution in [0, 0.1) is 6.92 Å². The topological polar surface area (TPSA) is 84.0 Å². The molecule has 0 saturated carbocycles. The Morgan fingerprint density at radius 2 is 1.67 bits per heavy atom. The van der Waals surface area contributed by atoms with Gasteiger partial charge in [0.15, 0.2) is 0 Å². The smallest absolute Gasteiger partial charge is 0.322 e. The molecular formula is C18H15N3O3. The average Bonchev–Trinajstić information content (AvgIpc) is 2.57. The summed E-state index contributed by atoms with van der Waals surface area (Å²) in [6.07, 6.45) is 1.13. The second-order valence-corrected chi connectivity index (χ2v) is 5.30. The minimum atomic E-state index is -0.670. The zero-order valence-electron chi connectivity index (χ0n) is 12.9. The van der Waals surface area contributed by atoms with Crippen molar-refractivity contribution >= 4 is 11.6 Å². The molecule has 0 aliphatic heterocycles. The number of hydrogen-bond acceptors (Lipinski definition) is 3. The lowest BCUT2D eigenvalue weighted by Gasteiger charge is -2.08. The van der Waals surface area contributed by atoms with E-state index in [1.807, 2.05) is 13.0 Å². The van der Waals surface area contributed by atoms with E-state index >= 15 is 0 Å². The molecule has 3 rings (SSSR count). The molecule has 120 valence electrons. The Morgan fingerprint density at radius 3 is 2.33 bits per heavy atom. The molecule has 0 spiro atoms. The number of anilines is 1. The largest absolute Gasteiger partial charge is 0.333 e. The summed E-state index contributed by atoms with van der Waals surface area (Å²) < 4.78 is 0.944. The molecule has 0 aliphatic carbocycles. The minimum Gasteiger partial charge on any atom is -0.322 e. The lowest BCUT2D eigenvalue weighted by Crippen LogP contribution is -2.38. The maximum absolute atomic E-state index is 12.6. The first-order valence-corrected chi connectivity index (χ1v) is 7.34. The van der Waals surface area contributed by atoms with Gasteiger partial charge in [-0.25, -0.2) is 9.36 Å². The Bertz CT molecular complexity index is 987. The fourth-order valence-corrected chi connectivity index (χ4v) is 2.28. The van der Waals surface area contributed by atoms with Crippen molar-refractivity contribution in [1.29, 1.82) is 0 Å². The predicted molar refractivity (Wildman–Crippen MR) is 91.8 cm³/mol. The third kappa shape index (κ3) is 3.03. The summed E-state index contributed by atoms with van der Waals surface area (Å²) in [6.45, 7) is 1.90. The second kappa shape index (κ2) is 6.37. The van der Waals surface area contributed by atoms with E-state index in [9.17, 15) is 14.4 Å². The fraction of sp³-hybridized carbons (Fsp3) is 0.0556. The van der Waals surface area contributed by atoms with Gasteiger partial charge in [-0.05, 0) is 31.2 Å². The van der Waals surface area contributed by atoms with Crippen molar-refractivity contribution in [2.75, 3.05) is 5.32 Å². The van der Waals surface area contributed by atoms with Gasteiger partial charge in [0.05, 0.1) is 5.69 Å². The Balaban J connectivity index is 2.03. The lowest BCUT2D eigenvalue weighted by atomic mass is 10.2. The number of aromatic amines is 1. The van der Waals surface area contributed by atoms with Crippen LogP contribution in [0.15, 0.2) is 70.4 Å². The van der Waals surface area contributed by atoms with Crippen LogP contribution >= 0.6 is 0 Å². The Hall–Kier alpha value is -3.41. The molecule has 6 heteroatoms. The quantitative estimate of drug-likeness (QED) is 0.775. The number of H-pyrrole nitrogens is 1. The summed E-state index contributed by atoms with van der Waals surface area (Å²) >= 11 is 0. The van der Waals surface area contributed by atoms with Crippen LogP contribution in [0.1, 0.15) is 15.9 Å². The molecule has 0 saturated heterocycles. The summed E-state index contributed by atoms with van der Waals surface area (Å²) in [5.74, 6) is -0.580. The van der Waals surface area contributed by atoms with Crippen LogP contribution in [0.5, 0.6) is 0 Å². The number of aryl methyl sites for hydroxylation is 1. The molecule has 24 heavy (non-hydrogen) atoms. The molecule has 2 N–H and O–H groups in total. The predicted octanol–water partition coefficient (Wildman–Crippen LogP) is 2.09. The van der Waals surface area contributed by atoms with E-state index < -0.39 is 17.2 Å². The van der Waals surface area contributed by atoms with Crippen molar-refractivity contribution in [3.05, 3.63) is 92.8 Å². The highest BCUT2D eigenvalue weighted by molar-refractivity contribution is 6.03. The minimum absolute atomic E-state index is 0.140. The molecule has 0 atom stereocenters. The molecule has 0 unspecified atom stereocenters. The highest BCUT2D eigenvalue weighted by atomic mass is 16.2. The van der Waals surface area contributed by atoms with Gasteiger partial charge in [-0.3, -0.25) is 9.59 Å². The van der Waals surface area contributed by atoms with Gasteiger partial charge in [0, 0.05) is 11.9 Å². The zero-order chi connectivity index (χ0) is 17.1. The van der Waals surface area contributed by atoms with E-state index in [-0.39, 0.29) is 5.56 Å². The molecule has 0 bridgehead atoms. The van der Waals surface area contributed by atoms with Crippen LogP contribution in [0.25, 0.3) is 5.69 Å². The van der Waals surface area contributed by atoms with Crippen molar-refractivity contribution < 1.29 is 4.79 Å². The van der Waals surface area contributed by atoms with E-state index in [1.54, 1.807) is 48.5 Å². The third-order valence-corrected chi connectivity index (χ3v) is 3.55. The number of carbonyl (C=O) groups is 1. The van der Waals surface area contributed by atoms with Crippen molar-refractivity contribution in [2.24, 2.45) is 0 Å². The number of hydrogen-bond donors (Lipinski definition) is 2. The number of nitrogens with one attached hydrogen (secondary N) is 2. The van der Waals surface area contributed by atoms with Crippen LogP contribution in [0.2, 0.25) is 0 Å². The van der Waals surface area contributed by atoms with E-state index in [2.05, 4.69) is 10.3 Å². The van der Waals surface area contributed by atoms with Gasteiger partial charge in [0.2, 0.25) is 0 Å². The van der Waals surface area contributed by atoms with Crippen LogP contribution in [-0.4, -0.2) is 15.5 Å². The highest BCUT2D eigenvalue weighted by Crippen LogP contribution is 2.08. The van der Waals surface area contributed by atoms with Crippen LogP contribution < -0.4 is 16.6 Å². The standard InChI is InChI=1S/C18H15N3O3/c1-12-7-9-14(10-8-12)21-17(23)15(11-19-18(21)24)16(22)20-13-5-3-2-4-6-13/h2-11H,1H3,(H,19,24)(H,20,22). The fourth-order valence-electron chi connectivity index (χ4n) is 2.28. The first-order chi connectivity index (χ1) is 11.6. The van der Waals surface area contributed by atoms with E-state index in [0.717, 1.165) is 16.3 Å². The Morgan fingerprint density at radius 1 is 1.00 bits per heavy atom. The number of aromatic nitrogens is 2. The molecule has 0 fully saturated rings. The summed E-state index contributed by atoms with van der Waals surface area (Å²) in [4.78, 5) is 39.4. The number of para-hydroxylation sites is 1. The molecule has 2 aromatic carbocycles. The lowest BCUT2D eigenvalue weighted by molar-refractivity contribution is 0.102. The van der Waals surface area contributed by atoms with Crippen LogP contribution in [0.4, 0.5) is 5.69 Å². The number of benzene rings is 2. The molecule has 3 aromatic rings. The summed E-state index contributed by atoms with van der Waals surface area (Å²) in [5, 5.41) is 2.63. The zero-order valence-corrected chi connectivity index (χ0v) is 12.9. The van der Waals surface area contributed by atoms with Crippen LogP contribution in [-0.2, 0) is 0 Å². The number of nitrogens with zero attached hydrogens (tertiary/aromatic N) is 1. The van der Waals surface area contributed by atoms with Crippen molar-refractivity contribution in [3.8, 4) is 5.69 Å². The Kier molecular flexibility index (Phi) is 4.11. The van der Waals surface area contributed by atoms with Gasteiger partial charge in [0.25, 0.3) is 11.5 Å². The second-order valence-electron chi connectivity index (χ2n) is 5.30. The van der Waals surface area contributed by atoms with Gasteiger partial charge in [0.1, 0.15) is 5.56 Å². The van der Waals surface area contributed by atoms with Gasteiger partial charge in [-0.1, -0.05) is 35.9 Å². The third-order valence-electron chi connectivity index (χ3n) is 3.55. The first kappa shape index (κ1) is 15.5.